The molecule has 0 saturated heterocycles. The van der Waals surface area contributed by atoms with Crippen LogP contribution in [0.2, 0.25) is 0 Å². The Balaban J connectivity index is 1.48. The molecule has 28 heavy (non-hydrogen) atoms. The number of ketones is 1. The van der Waals surface area contributed by atoms with Gasteiger partial charge in [-0.2, -0.15) is 0 Å². The summed E-state index contributed by atoms with van der Waals surface area (Å²) in [6.45, 7) is 2.43. The van der Waals surface area contributed by atoms with E-state index in [1.807, 2.05) is 55.5 Å². The van der Waals surface area contributed by atoms with Gasteiger partial charge in [0, 0.05) is 6.07 Å². The van der Waals surface area contributed by atoms with Crippen molar-refractivity contribution in [2.24, 2.45) is 0 Å². The van der Waals surface area contributed by atoms with E-state index < -0.39 is 0 Å². The van der Waals surface area contributed by atoms with Gasteiger partial charge in [-0.25, -0.2) is 0 Å². The van der Waals surface area contributed by atoms with Crippen molar-refractivity contribution in [1.29, 1.82) is 0 Å². The number of allylic oxidation sites excluding steroid dienone is 1. The molecule has 1 aliphatic heterocycles. The number of methoxy groups -OCH3 is 1. The fourth-order valence-electron chi connectivity index (χ4n) is 3.06. The summed E-state index contributed by atoms with van der Waals surface area (Å²) < 4.78 is 16.8. The third-order valence-corrected chi connectivity index (χ3v) is 4.55. The molecule has 4 heteroatoms. The molecule has 0 atom stereocenters. The van der Waals surface area contributed by atoms with E-state index in [1.165, 1.54) is 0 Å². The van der Waals surface area contributed by atoms with Gasteiger partial charge in [-0.3, -0.25) is 4.79 Å². The highest BCUT2D eigenvalue weighted by molar-refractivity contribution is 6.14. The molecule has 4 rings (SSSR count). The van der Waals surface area contributed by atoms with Crippen molar-refractivity contribution in [1.82, 2.24) is 0 Å². The molecule has 1 heterocycles. The minimum Gasteiger partial charge on any atom is -0.497 e. The molecule has 0 N–H and O–H groups in total. The van der Waals surface area contributed by atoms with E-state index in [1.54, 1.807) is 31.4 Å². The topological polar surface area (TPSA) is 44.8 Å². The van der Waals surface area contributed by atoms with Crippen LogP contribution in [0, 0.1) is 6.92 Å². The lowest BCUT2D eigenvalue weighted by molar-refractivity contribution is 0.101. The van der Waals surface area contributed by atoms with Crippen molar-refractivity contribution in [3.8, 4) is 17.2 Å². The quantitative estimate of drug-likeness (QED) is 0.578. The molecule has 0 unspecified atom stereocenters. The van der Waals surface area contributed by atoms with Gasteiger partial charge in [0.2, 0.25) is 5.78 Å². The van der Waals surface area contributed by atoms with Gasteiger partial charge in [-0.1, -0.05) is 42.0 Å². The minimum atomic E-state index is -0.113. The van der Waals surface area contributed by atoms with Crippen molar-refractivity contribution in [3.05, 3.63) is 94.7 Å². The van der Waals surface area contributed by atoms with Gasteiger partial charge >= 0.3 is 0 Å². The van der Waals surface area contributed by atoms with Gasteiger partial charge in [0.15, 0.2) is 5.76 Å². The summed E-state index contributed by atoms with van der Waals surface area (Å²) in [7, 11) is 1.64. The van der Waals surface area contributed by atoms with E-state index in [9.17, 15) is 4.79 Å². The molecule has 0 aliphatic carbocycles. The second-order valence-electron chi connectivity index (χ2n) is 6.65. The van der Waals surface area contributed by atoms with Crippen LogP contribution in [0.1, 0.15) is 27.0 Å². The molecular weight excluding hydrogens is 352 g/mol. The zero-order chi connectivity index (χ0) is 19.5. The van der Waals surface area contributed by atoms with E-state index in [4.69, 9.17) is 14.2 Å². The van der Waals surface area contributed by atoms with E-state index in [0.717, 1.165) is 22.4 Å². The highest BCUT2D eigenvalue weighted by Gasteiger charge is 2.27. The van der Waals surface area contributed by atoms with Crippen molar-refractivity contribution >= 4 is 11.9 Å². The summed E-state index contributed by atoms with van der Waals surface area (Å²) in [4.78, 5) is 12.6. The Morgan fingerprint density at radius 3 is 2.50 bits per heavy atom. The number of hydrogen-bond donors (Lipinski definition) is 0. The third-order valence-electron chi connectivity index (χ3n) is 4.55. The number of aryl methyl sites for hydroxylation is 1. The van der Waals surface area contributed by atoms with Gasteiger partial charge in [0.25, 0.3) is 0 Å². The largest absolute Gasteiger partial charge is 0.497 e. The number of ether oxygens (including phenoxy) is 3. The van der Waals surface area contributed by atoms with Crippen LogP contribution in [0.3, 0.4) is 0 Å². The average molecular weight is 372 g/mol. The van der Waals surface area contributed by atoms with Gasteiger partial charge in [-0.15, -0.1) is 0 Å². The van der Waals surface area contributed by atoms with Crippen LogP contribution in [-0.2, 0) is 6.61 Å². The molecule has 1 aliphatic rings. The Labute approximate surface area is 164 Å². The second-order valence-corrected chi connectivity index (χ2v) is 6.65. The van der Waals surface area contributed by atoms with Crippen LogP contribution in [0.5, 0.6) is 17.2 Å². The monoisotopic (exact) mass is 372 g/mol. The zero-order valence-electron chi connectivity index (χ0n) is 15.8. The first kappa shape index (κ1) is 17.9. The number of rotatable bonds is 5. The van der Waals surface area contributed by atoms with Gasteiger partial charge in [0.05, 0.1) is 12.7 Å². The first-order valence-electron chi connectivity index (χ1n) is 9.03. The minimum absolute atomic E-state index is 0.113. The first-order valence-corrected chi connectivity index (χ1v) is 9.03. The van der Waals surface area contributed by atoms with Crippen molar-refractivity contribution in [2.45, 2.75) is 13.5 Å². The molecular formula is C24H20O4. The summed E-state index contributed by atoms with van der Waals surface area (Å²) in [6.07, 6.45) is 1.77. The molecule has 3 aromatic carbocycles. The van der Waals surface area contributed by atoms with Crippen LogP contribution >= 0.6 is 0 Å². The Morgan fingerprint density at radius 1 is 0.964 bits per heavy atom. The summed E-state index contributed by atoms with van der Waals surface area (Å²) >= 11 is 0. The Hall–Kier alpha value is -3.53. The number of carbonyl (C=O) groups is 1. The number of fused-ring (bicyclic) bond motifs is 1. The Kier molecular flexibility index (Phi) is 4.85. The number of benzene rings is 3. The molecule has 0 fully saturated rings. The fourth-order valence-corrected chi connectivity index (χ4v) is 3.06. The number of hydrogen-bond acceptors (Lipinski definition) is 4. The maximum Gasteiger partial charge on any atom is 0.231 e. The van der Waals surface area contributed by atoms with Crippen LogP contribution in [-0.4, -0.2) is 12.9 Å². The maximum atomic E-state index is 12.6. The molecule has 0 bridgehead atoms. The van der Waals surface area contributed by atoms with E-state index in [0.29, 0.717) is 29.4 Å². The predicted octanol–water partition coefficient (Wildman–Crippen LogP) is 5.20. The SMILES string of the molecule is COc1ccc(COc2ccc3c(c2)O/C(=C\c2cccc(C)c2)C3=O)cc1. The predicted molar refractivity (Wildman–Crippen MR) is 108 cm³/mol. The lowest BCUT2D eigenvalue weighted by atomic mass is 10.1. The van der Waals surface area contributed by atoms with Crippen LogP contribution in [0.15, 0.2) is 72.5 Å². The van der Waals surface area contributed by atoms with Crippen molar-refractivity contribution < 1.29 is 19.0 Å². The molecule has 3 aromatic rings. The van der Waals surface area contributed by atoms with Crippen LogP contribution in [0.25, 0.3) is 6.08 Å². The van der Waals surface area contributed by atoms with Crippen LogP contribution in [0.4, 0.5) is 0 Å². The van der Waals surface area contributed by atoms with E-state index in [-0.39, 0.29) is 5.78 Å². The second kappa shape index (κ2) is 7.61. The molecule has 0 aromatic heterocycles. The van der Waals surface area contributed by atoms with Crippen LogP contribution < -0.4 is 14.2 Å². The molecule has 0 amide bonds. The molecule has 0 spiro atoms. The smallest absolute Gasteiger partial charge is 0.231 e. The highest BCUT2D eigenvalue weighted by Crippen LogP contribution is 2.35. The van der Waals surface area contributed by atoms with E-state index in [2.05, 4.69) is 0 Å². The average Bonchev–Trinajstić information content (AvgIpc) is 3.01. The molecule has 0 saturated carbocycles. The van der Waals surface area contributed by atoms with Crippen molar-refractivity contribution in [3.63, 3.8) is 0 Å². The third kappa shape index (κ3) is 3.76. The van der Waals surface area contributed by atoms with Crippen molar-refractivity contribution in [2.75, 3.05) is 7.11 Å². The summed E-state index contributed by atoms with van der Waals surface area (Å²) in [5.74, 6) is 2.20. The molecule has 0 radical (unpaired) electrons. The number of carbonyl (C=O) groups excluding carboxylic acids is 1. The van der Waals surface area contributed by atoms with Gasteiger partial charge < -0.3 is 14.2 Å². The Morgan fingerprint density at radius 2 is 1.75 bits per heavy atom. The van der Waals surface area contributed by atoms with Gasteiger partial charge in [-0.05, 0) is 48.4 Å². The molecule has 4 nitrogen and oxygen atoms in total. The van der Waals surface area contributed by atoms with Gasteiger partial charge in [0.1, 0.15) is 23.9 Å². The Bertz CT molecular complexity index is 1050. The lowest BCUT2D eigenvalue weighted by Gasteiger charge is -2.08. The standard InChI is InChI=1S/C24H20O4/c1-16-4-3-5-18(12-16)13-23-24(25)21-11-10-20(14-22(21)28-23)27-15-17-6-8-19(26-2)9-7-17/h3-14H,15H2,1-2H3/b23-13-. The summed E-state index contributed by atoms with van der Waals surface area (Å²) in [5.41, 5.74) is 3.65. The summed E-state index contributed by atoms with van der Waals surface area (Å²) in [5, 5.41) is 0. The molecule has 140 valence electrons. The fraction of sp³-hybridized carbons (Fsp3) is 0.125. The lowest BCUT2D eigenvalue weighted by Crippen LogP contribution is -1.98. The number of Topliss-reactive ketones (excluding diaryl/α,β-unsaturated/α-hetero) is 1. The zero-order valence-corrected chi connectivity index (χ0v) is 15.8. The highest BCUT2D eigenvalue weighted by atomic mass is 16.5. The summed E-state index contributed by atoms with van der Waals surface area (Å²) in [6, 6.07) is 20.9. The first-order chi connectivity index (χ1) is 13.6. The normalized spacial score (nSPS) is 13.9. The van der Waals surface area contributed by atoms with E-state index >= 15 is 0 Å². The maximum absolute atomic E-state index is 12.6.